The highest BCUT2D eigenvalue weighted by Gasteiger charge is 2.15. The van der Waals surface area contributed by atoms with Crippen LogP contribution >= 0.6 is 15.9 Å². The van der Waals surface area contributed by atoms with Crippen LogP contribution in [0.4, 0.5) is 0 Å². The number of hydrogen-bond donors (Lipinski definition) is 2. The van der Waals surface area contributed by atoms with Crippen molar-refractivity contribution in [2.75, 3.05) is 0 Å². The molecule has 2 aromatic carbocycles. The Morgan fingerprint density at radius 2 is 1.65 bits per heavy atom. The first-order valence-corrected chi connectivity index (χ1v) is 7.58. The molecule has 2 atom stereocenters. The summed E-state index contributed by atoms with van der Waals surface area (Å²) in [4.78, 5) is 0. The van der Waals surface area contributed by atoms with Gasteiger partial charge in [0.05, 0.1) is 0 Å². The molecule has 2 nitrogen and oxygen atoms in total. The Morgan fingerprint density at radius 1 is 1.00 bits per heavy atom. The second kappa shape index (κ2) is 6.42. The van der Waals surface area contributed by atoms with Crippen molar-refractivity contribution < 1.29 is 5.11 Å². The highest BCUT2D eigenvalue weighted by Crippen LogP contribution is 2.29. The largest absolute Gasteiger partial charge is 0.508 e. The van der Waals surface area contributed by atoms with Crippen molar-refractivity contribution in [2.45, 2.75) is 32.9 Å². The van der Waals surface area contributed by atoms with Gasteiger partial charge in [0.15, 0.2) is 0 Å². The number of phenols is 1. The average Bonchev–Trinajstić information content (AvgIpc) is 2.41. The molecule has 0 amide bonds. The van der Waals surface area contributed by atoms with Gasteiger partial charge in [-0.15, -0.1) is 0 Å². The van der Waals surface area contributed by atoms with E-state index in [1.165, 1.54) is 5.56 Å². The maximum Gasteiger partial charge on any atom is 0.120 e. The monoisotopic (exact) mass is 333 g/mol. The van der Waals surface area contributed by atoms with Gasteiger partial charge in [-0.1, -0.05) is 51.8 Å². The summed E-state index contributed by atoms with van der Waals surface area (Å²) in [5.74, 6) is 0.343. The van der Waals surface area contributed by atoms with Crippen LogP contribution in [0.2, 0.25) is 0 Å². The van der Waals surface area contributed by atoms with E-state index in [9.17, 15) is 5.11 Å². The zero-order chi connectivity index (χ0) is 14.7. The van der Waals surface area contributed by atoms with Crippen LogP contribution in [-0.2, 0) is 0 Å². The molecule has 0 aromatic heterocycles. The summed E-state index contributed by atoms with van der Waals surface area (Å²) in [6.45, 7) is 6.23. The number of nitrogens with one attached hydrogen (secondary N) is 1. The Labute approximate surface area is 129 Å². The minimum Gasteiger partial charge on any atom is -0.508 e. The quantitative estimate of drug-likeness (QED) is 0.836. The number of phenolic OH excluding ortho intramolecular Hbond substituents is 1. The molecule has 0 saturated heterocycles. The summed E-state index contributed by atoms with van der Waals surface area (Å²) >= 11 is 3.58. The molecule has 20 heavy (non-hydrogen) atoms. The molecule has 0 aliphatic rings. The maximum absolute atomic E-state index is 9.99. The summed E-state index contributed by atoms with van der Waals surface area (Å²) in [5.41, 5.74) is 3.30. The van der Waals surface area contributed by atoms with Crippen LogP contribution in [-0.4, -0.2) is 5.11 Å². The lowest BCUT2D eigenvalue weighted by Crippen LogP contribution is -2.22. The number of rotatable bonds is 4. The SMILES string of the molecule is Cc1ccc(O)c(C(C)NC(C)c2ccccc2Br)c1. The van der Waals surface area contributed by atoms with E-state index < -0.39 is 0 Å². The average molecular weight is 334 g/mol. The highest BCUT2D eigenvalue weighted by molar-refractivity contribution is 9.10. The molecule has 0 radical (unpaired) electrons. The number of hydrogen-bond acceptors (Lipinski definition) is 2. The van der Waals surface area contributed by atoms with Gasteiger partial charge in [-0.3, -0.25) is 0 Å². The molecule has 0 bridgehead atoms. The van der Waals surface area contributed by atoms with Gasteiger partial charge in [0, 0.05) is 22.1 Å². The summed E-state index contributed by atoms with van der Waals surface area (Å²) in [6, 6.07) is 14.2. The normalized spacial score (nSPS) is 14.0. The first kappa shape index (κ1) is 15.1. The van der Waals surface area contributed by atoms with Gasteiger partial charge in [0.25, 0.3) is 0 Å². The molecule has 0 saturated carbocycles. The molecule has 106 valence electrons. The molecular formula is C17H20BrNO. The first-order chi connectivity index (χ1) is 9.49. The van der Waals surface area contributed by atoms with Crippen molar-refractivity contribution >= 4 is 15.9 Å². The Bertz CT molecular complexity index is 597. The fraction of sp³-hybridized carbons (Fsp3) is 0.294. The minimum absolute atomic E-state index is 0.0806. The summed E-state index contributed by atoms with van der Waals surface area (Å²) in [5, 5.41) is 13.5. The van der Waals surface area contributed by atoms with Crippen LogP contribution in [0.1, 0.15) is 42.6 Å². The first-order valence-electron chi connectivity index (χ1n) is 6.79. The molecule has 2 rings (SSSR count). The summed E-state index contributed by atoms with van der Waals surface area (Å²) in [7, 11) is 0. The Balaban J connectivity index is 2.17. The predicted octanol–water partition coefficient (Wildman–Crippen LogP) is 4.87. The number of aryl methyl sites for hydroxylation is 1. The Hall–Kier alpha value is -1.32. The van der Waals surface area contributed by atoms with Crippen LogP contribution in [0.25, 0.3) is 0 Å². The van der Waals surface area contributed by atoms with Crippen molar-refractivity contribution in [1.29, 1.82) is 0 Å². The fourth-order valence-electron chi connectivity index (χ4n) is 2.40. The maximum atomic E-state index is 9.99. The summed E-state index contributed by atoms with van der Waals surface area (Å²) < 4.78 is 1.10. The van der Waals surface area contributed by atoms with Crippen LogP contribution in [0.15, 0.2) is 46.9 Å². The second-order valence-electron chi connectivity index (χ2n) is 5.19. The van der Waals surface area contributed by atoms with Gasteiger partial charge in [-0.05, 0) is 38.5 Å². The van der Waals surface area contributed by atoms with Gasteiger partial charge in [-0.2, -0.15) is 0 Å². The van der Waals surface area contributed by atoms with E-state index in [0.29, 0.717) is 5.75 Å². The van der Waals surface area contributed by atoms with Crippen LogP contribution in [0, 0.1) is 6.92 Å². The molecule has 0 fully saturated rings. The topological polar surface area (TPSA) is 32.3 Å². The van der Waals surface area contributed by atoms with Crippen molar-refractivity contribution in [2.24, 2.45) is 0 Å². The van der Waals surface area contributed by atoms with Gasteiger partial charge in [0.1, 0.15) is 5.75 Å². The number of aromatic hydroxyl groups is 1. The molecule has 0 spiro atoms. The van der Waals surface area contributed by atoms with Gasteiger partial charge >= 0.3 is 0 Å². The number of benzene rings is 2. The third kappa shape index (κ3) is 3.41. The molecule has 2 unspecified atom stereocenters. The molecular weight excluding hydrogens is 314 g/mol. The van der Waals surface area contributed by atoms with E-state index in [-0.39, 0.29) is 12.1 Å². The van der Waals surface area contributed by atoms with E-state index in [0.717, 1.165) is 15.6 Å². The lowest BCUT2D eigenvalue weighted by Gasteiger charge is -2.22. The third-order valence-electron chi connectivity index (χ3n) is 3.52. The standard InChI is InChI=1S/C17H20BrNO/c1-11-8-9-17(20)15(10-11)13(3)19-12(2)14-6-4-5-7-16(14)18/h4-10,12-13,19-20H,1-3H3. The fourth-order valence-corrected chi connectivity index (χ4v) is 3.03. The Morgan fingerprint density at radius 3 is 2.35 bits per heavy atom. The third-order valence-corrected chi connectivity index (χ3v) is 4.24. The molecule has 0 heterocycles. The number of halogens is 1. The van der Waals surface area contributed by atoms with Crippen LogP contribution in [0.3, 0.4) is 0 Å². The predicted molar refractivity (Wildman–Crippen MR) is 87.0 cm³/mol. The lowest BCUT2D eigenvalue weighted by molar-refractivity contribution is 0.438. The molecule has 2 aromatic rings. The zero-order valence-electron chi connectivity index (χ0n) is 12.0. The minimum atomic E-state index is 0.0806. The summed E-state index contributed by atoms with van der Waals surface area (Å²) in [6.07, 6.45) is 0. The van der Waals surface area contributed by atoms with Crippen LogP contribution in [0.5, 0.6) is 5.75 Å². The van der Waals surface area contributed by atoms with Crippen molar-refractivity contribution in [3.05, 3.63) is 63.6 Å². The zero-order valence-corrected chi connectivity index (χ0v) is 13.6. The van der Waals surface area contributed by atoms with Crippen molar-refractivity contribution in [3.63, 3.8) is 0 Å². The van der Waals surface area contributed by atoms with Crippen molar-refractivity contribution in [1.82, 2.24) is 5.32 Å². The van der Waals surface area contributed by atoms with Gasteiger partial charge in [-0.25, -0.2) is 0 Å². The second-order valence-corrected chi connectivity index (χ2v) is 6.05. The molecule has 2 N–H and O–H groups in total. The van der Waals surface area contributed by atoms with E-state index in [4.69, 9.17) is 0 Å². The van der Waals surface area contributed by atoms with E-state index in [1.807, 2.05) is 37.3 Å². The Kier molecular flexibility index (Phi) is 4.84. The smallest absolute Gasteiger partial charge is 0.120 e. The van der Waals surface area contributed by atoms with Gasteiger partial charge < -0.3 is 10.4 Å². The van der Waals surface area contributed by atoms with Crippen molar-refractivity contribution in [3.8, 4) is 5.75 Å². The molecule has 0 aliphatic heterocycles. The molecule has 3 heteroatoms. The van der Waals surface area contributed by atoms with E-state index >= 15 is 0 Å². The van der Waals surface area contributed by atoms with E-state index in [1.54, 1.807) is 6.07 Å². The van der Waals surface area contributed by atoms with E-state index in [2.05, 4.69) is 41.2 Å². The molecule has 0 aliphatic carbocycles. The lowest BCUT2D eigenvalue weighted by atomic mass is 10.0. The highest BCUT2D eigenvalue weighted by atomic mass is 79.9. The van der Waals surface area contributed by atoms with Gasteiger partial charge in [0.2, 0.25) is 0 Å². The van der Waals surface area contributed by atoms with Crippen LogP contribution < -0.4 is 5.32 Å².